The number of phosphoric acid groups is 1. The summed E-state index contributed by atoms with van der Waals surface area (Å²) in [6, 6.07) is 0. The van der Waals surface area contributed by atoms with E-state index in [2.05, 4.69) is 29.1 Å². The Labute approximate surface area is 258 Å². The van der Waals surface area contributed by atoms with E-state index in [1.165, 1.54) is 12.3 Å². The zero-order valence-electron chi connectivity index (χ0n) is 23.4. The van der Waals surface area contributed by atoms with Gasteiger partial charge in [-0.15, -0.1) is 0 Å². The van der Waals surface area contributed by atoms with Gasteiger partial charge in [0.2, 0.25) is 5.91 Å². The largest absolute Gasteiger partial charge is 0.481 e. The Hall–Kier alpha value is -1.94. The highest BCUT2D eigenvalue weighted by Crippen LogP contribution is 2.62. The van der Waals surface area contributed by atoms with Gasteiger partial charge >= 0.3 is 14.5 Å². The van der Waals surface area contributed by atoms with Gasteiger partial charge in [-0.25, -0.2) is 32.6 Å². The predicted octanol–water partition coefficient (Wildman–Crippen LogP) is -0.941. The molecule has 0 saturated carbocycles. The van der Waals surface area contributed by atoms with E-state index in [1.807, 2.05) is 0 Å². The molecule has 9 unspecified atom stereocenters. The summed E-state index contributed by atoms with van der Waals surface area (Å²) in [5.41, 5.74) is 1.63. The van der Waals surface area contributed by atoms with E-state index >= 15 is 4.39 Å². The first kappa shape index (κ1) is 35.9. The molecule has 45 heavy (non-hydrogen) atoms. The molecule has 3 aliphatic heterocycles. The van der Waals surface area contributed by atoms with Gasteiger partial charge in [-0.3, -0.25) is 9.32 Å². The van der Waals surface area contributed by atoms with Crippen molar-refractivity contribution in [1.82, 2.24) is 9.97 Å². The van der Waals surface area contributed by atoms with Gasteiger partial charge in [-0.05, 0) is 24.8 Å². The lowest BCUT2D eigenvalue weighted by molar-refractivity contribution is -0.287. The maximum absolute atomic E-state index is 16.8. The minimum Gasteiger partial charge on any atom is -0.393 e. The van der Waals surface area contributed by atoms with Crippen molar-refractivity contribution >= 4 is 50.0 Å². The lowest BCUT2D eigenvalue weighted by Gasteiger charge is -2.41. The van der Waals surface area contributed by atoms with Crippen molar-refractivity contribution in [2.45, 2.75) is 68.1 Å². The van der Waals surface area contributed by atoms with Crippen molar-refractivity contribution in [2.24, 2.45) is 10.9 Å². The topological polar surface area (TPSA) is 278 Å². The number of aliphatic hydroxyl groups is 4. The molecule has 1 spiro atoms. The molecule has 2 saturated heterocycles. The second kappa shape index (κ2) is 13.3. The number of halogens is 2. The molecule has 9 N–H and O–H groups in total. The molecule has 4 heterocycles. The van der Waals surface area contributed by atoms with E-state index in [4.69, 9.17) is 36.6 Å². The molecular weight excluding hydrogens is 674 g/mol. The molecule has 23 heteroatoms. The van der Waals surface area contributed by atoms with Crippen molar-refractivity contribution < 1.29 is 71.2 Å². The Morgan fingerprint density at radius 3 is 2.64 bits per heavy atom. The van der Waals surface area contributed by atoms with Crippen LogP contribution in [0.15, 0.2) is 23.6 Å². The fraction of sp³-hybridized carbons (Fsp3) is 0.636. The van der Waals surface area contributed by atoms with Crippen molar-refractivity contribution in [3.63, 3.8) is 0 Å². The molecule has 1 aromatic rings. The summed E-state index contributed by atoms with van der Waals surface area (Å²) < 4.78 is 68.9. The highest BCUT2D eigenvalue weighted by Gasteiger charge is 2.66. The van der Waals surface area contributed by atoms with Gasteiger partial charge in [0.25, 0.3) is 0 Å². The fourth-order valence-corrected chi connectivity index (χ4v) is 8.15. The zero-order valence-corrected chi connectivity index (χ0v) is 26.0. The summed E-state index contributed by atoms with van der Waals surface area (Å²) in [6.07, 6.45) is -9.81. The molecule has 0 radical (unpaired) electrons. The maximum atomic E-state index is 16.8. The van der Waals surface area contributed by atoms with E-state index in [0.29, 0.717) is 0 Å². The number of carbonyl (C=O) groups excluding carboxylic acids is 1. The molecule has 4 rings (SSSR count). The summed E-state index contributed by atoms with van der Waals surface area (Å²) >= 11 is 4.80. The number of nitrogen functional groups attached to an aromatic ring is 1. The van der Waals surface area contributed by atoms with Crippen LogP contribution in [0.5, 0.6) is 0 Å². The first-order valence-electron chi connectivity index (χ1n) is 13.0. The van der Waals surface area contributed by atoms with E-state index in [1.54, 1.807) is 0 Å². The quantitative estimate of drug-likeness (QED) is 0.108. The van der Waals surface area contributed by atoms with Crippen LogP contribution < -0.4 is 11.1 Å². The van der Waals surface area contributed by atoms with Gasteiger partial charge in [0.1, 0.15) is 42.1 Å². The number of aliphatic hydroxyl groups excluding tert-OH is 4. The summed E-state index contributed by atoms with van der Waals surface area (Å²) in [6.45, 7) is -4.57. The number of carbonyl (C=O) groups is 1. The van der Waals surface area contributed by atoms with Crippen LogP contribution in [0.2, 0.25) is 0 Å². The lowest BCUT2D eigenvalue weighted by Crippen LogP contribution is -2.60. The van der Waals surface area contributed by atoms with Crippen molar-refractivity contribution in [1.29, 1.82) is 0 Å². The number of ether oxygens (including phenoxy) is 2. The van der Waals surface area contributed by atoms with Crippen molar-refractivity contribution in [3.8, 4) is 0 Å². The molecule has 12 atom stereocenters. The zero-order chi connectivity index (χ0) is 33.5. The fourth-order valence-electron chi connectivity index (χ4n) is 5.05. The van der Waals surface area contributed by atoms with E-state index in [-0.39, 0.29) is 17.2 Å². The number of amides is 1. The first-order chi connectivity index (χ1) is 20.9. The molecule has 0 aromatic carbocycles. The maximum Gasteiger partial charge on any atom is 0.481 e. The van der Waals surface area contributed by atoms with Crippen LogP contribution in [0.25, 0.3) is 0 Å². The Bertz CT molecular complexity index is 1450. The molecule has 1 aromatic heterocycles. The molecular formula is C22H31F2N5O13P2S. The number of phosphoric ester groups is 1. The average Bonchev–Trinajstić information content (AvgIpc) is 3.16. The van der Waals surface area contributed by atoms with E-state index in [9.17, 15) is 38.9 Å². The number of alkyl halides is 2. The van der Waals surface area contributed by atoms with E-state index in [0.717, 1.165) is 26.4 Å². The molecule has 3 aliphatic rings. The van der Waals surface area contributed by atoms with Gasteiger partial charge in [-0.2, -0.15) is 0 Å². The highest BCUT2D eigenvalue weighted by atomic mass is 32.5. The summed E-state index contributed by atoms with van der Waals surface area (Å²) in [7, 11) is -5.57. The molecule has 0 aliphatic carbocycles. The van der Waals surface area contributed by atoms with Crippen LogP contribution in [0.1, 0.15) is 19.5 Å². The van der Waals surface area contributed by atoms with E-state index < -0.39 is 93.8 Å². The van der Waals surface area contributed by atoms with Gasteiger partial charge in [0.15, 0.2) is 29.5 Å². The number of nitrogens with one attached hydrogen (secondary N) is 1. The van der Waals surface area contributed by atoms with Gasteiger partial charge < -0.3 is 55.3 Å². The Morgan fingerprint density at radius 1 is 1.31 bits per heavy atom. The number of nitrogens with two attached hydrogens (primary N) is 1. The highest BCUT2D eigenvalue weighted by molar-refractivity contribution is 8.08. The van der Waals surface area contributed by atoms with Crippen molar-refractivity contribution in [2.75, 3.05) is 24.3 Å². The van der Waals surface area contributed by atoms with Crippen LogP contribution in [0, 0.1) is 5.92 Å². The number of aromatic nitrogens is 2. The van der Waals surface area contributed by atoms with Gasteiger partial charge in [-0.1, -0.05) is 0 Å². The number of fused-ring (bicyclic) bond motifs is 2. The number of nitrogens with zero attached hydrogens (tertiary/aromatic N) is 3. The first-order valence-corrected chi connectivity index (χ1v) is 17.1. The molecule has 0 bridgehead atoms. The predicted molar refractivity (Wildman–Crippen MR) is 151 cm³/mol. The lowest BCUT2D eigenvalue weighted by atomic mass is 9.75. The summed E-state index contributed by atoms with van der Waals surface area (Å²) in [4.78, 5) is 44.1. The van der Waals surface area contributed by atoms with Crippen LogP contribution in [0.3, 0.4) is 0 Å². The molecule has 1 amide bonds. The molecule has 18 nitrogen and oxygen atoms in total. The summed E-state index contributed by atoms with van der Waals surface area (Å²) in [5, 5.41) is 41.8. The molecule has 252 valence electrons. The number of aliphatic imine (C=N–C) groups is 1. The SMILES string of the molecule is CC(=O)N=CC1[C@@H](COP(O)(=S)OP(=O)(O)OC2OC([C@@H](F)CO)C(O)C(O)C2O)OC2(C=CNc3c(N)ncnc32)[C@]1(C)F. The second-order valence-electron chi connectivity index (χ2n) is 10.3. The summed E-state index contributed by atoms with van der Waals surface area (Å²) in [5.74, 6) is -2.11. The Morgan fingerprint density at radius 2 is 2.00 bits per heavy atom. The van der Waals surface area contributed by atoms with Gasteiger partial charge in [0.05, 0.1) is 25.2 Å². The third-order valence-corrected chi connectivity index (χ3v) is 10.8. The standard InChI is InChI=1S/C22H31F2N5O13P2S/c1-9(31)27-5-10-12(40-22(21(10,2)24)3-4-26-13-18(22)28-8-29-19(13)25)7-38-44(37,45)42-43(35,36)41-20-16(34)14(32)15(33)17(39-20)11(23)6-30/h3-5,8,10-12,14-17,20,26,30,32-34H,6-7H2,1-2H3,(H,35,36)(H,37,45)(H2,25,28,29)/t10?,11-,12+,14?,15?,16?,17?,20?,21+,22?,44?/m0/s1. The average molecular weight is 706 g/mol. The van der Waals surface area contributed by atoms with Gasteiger partial charge in [0, 0.05) is 19.3 Å². The van der Waals surface area contributed by atoms with Crippen LogP contribution >= 0.6 is 14.5 Å². The number of anilines is 2. The monoisotopic (exact) mass is 705 g/mol. The Kier molecular flexibility index (Phi) is 10.6. The van der Waals surface area contributed by atoms with Crippen LogP contribution in [0.4, 0.5) is 20.3 Å². The number of hydrogen-bond donors (Lipinski definition) is 8. The van der Waals surface area contributed by atoms with Crippen molar-refractivity contribution in [3.05, 3.63) is 24.3 Å². The van der Waals surface area contributed by atoms with Crippen LogP contribution in [-0.4, -0.2) is 114 Å². The minimum atomic E-state index is -5.57. The normalized spacial score (nSPS) is 38.0. The minimum absolute atomic E-state index is 0.0208. The van der Waals surface area contributed by atoms with Crippen LogP contribution in [-0.2, 0) is 49.6 Å². The third-order valence-electron chi connectivity index (χ3n) is 7.26. The second-order valence-corrected chi connectivity index (χ2v) is 14.7. The number of hydrogen-bond acceptors (Lipinski definition) is 16. The number of rotatable bonds is 10. The Balaban J connectivity index is 1.53. The third kappa shape index (κ3) is 7.16. The molecule has 2 fully saturated rings. The smallest absolute Gasteiger partial charge is 0.393 e.